The molecule has 0 bridgehead atoms. The lowest BCUT2D eigenvalue weighted by Gasteiger charge is -2.20. The maximum absolute atomic E-state index is 5.57. The van der Waals surface area contributed by atoms with E-state index in [-0.39, 0.29) is 0 Å². The highest BCUT2D eigenvalue weighted by Gasteiger charge is 2.30. The largest absolute Gasteiger partial charge is 0.493 e. The van der Waals surface area contributed by atoms with Crippen molar-refractivity contribution < 1.29 is 14.2 Å². The summed E-state index contributed by atoms with van der Waals surface area (Å²) in [7, 11) is 3.06. The van der Waals surface area contributed by atoms with Gasteiger partial charge in [0, 0.05) is 17.7 Å². The number of ether oxygens (including phenoxy) is 3. The van der Waals surface area contributed by atoms with Crippen LogP contribution in [0.1, 0.15) is 16.7 Å². The molecular formula is C23H31N3O3Si. The summed E-state index contributed by atoms with van der Waals surface area (Å²) in [5, 5.41) is 10.3. The zero-order valence-electron chi connectivity index (χ0n) is 19.4. The summed E-state index contributed by atoms with van der Waals surface area (Å²) in [5.41, 5.74) is 6.70. The fourth-order valence-electron chi connectivity index (χ4n) is 3.94. The first-order valence-electron chi connectivity index (χ1n) is 9.97. The third kappa shape index (κ3) is 3.81. The molecule has 0 aliphatic heterocycles. The maximum atomic E-state index is 5.57. The second kappa shape index (κ2) is 8.14. The van der Waals surface area contributed by atoms with Crippen molar-refractivity contribution >= 4 is 13.4 Å². The van der Waals surface area contributed by atoms with Gasteiger partial charge < -0.3 is 14.2 Å². The minimum absolute atomic E-state index is 0.554. The van der Waals surface area contributed by atoms with E-state index < -0.39 is 8.07 Å². The topological polar surface area (TPSA) is 58.4 Å². The van der Waals surface area contributed by atoms with Crippen LogP contribution in [0.3, 0.4) is 0 Å². The fourth-order valence-corrected chi connectivity index (χ4v) is 5.22. The SMILES string of the molecule is COc1cc(-n2nnc([Si](C)(C)C)c2-c2c(C)cc(C)cc2C)cc(OC)c1OC. The van der Waals surface area contributed by atoms with Gasteiger partial charge in [-0.25, -0.2) is 4.68 Å². The highest BCUT2D eigenvalue weighted by Crippen LogP contribution is 2.40. The number of methoxy groups -OCH3 is 3. The lowest BCUT2D eigenvalue weighted by Crippen LogP contribution is -2.40. The number of hydrogen-bond acceptors (Lipinski definition) is 5. The van der Waals surface area contributed by atoms with E-state index in [0.29, 0.717) is 17.2 Å². The number of rotatable bonds is 6. The lowest BCUT2D eigenvalue weighted by atomic mass is 9.97. The Morgan fingerprint density at radius 2 is 1.33 bits per heavy atom. The highest BCUT2D eigenvalue weighted by molar-refractivity contribution is 6.89. The molecule has 0 N–H and O–H groups in total. The second-order valence-electron chi connectivity index (χ2n) is 8.61. The molecule has 7 heteroatoms. The number of aryl methyl sites for hydroxylation is 3. The molecule has 0 saturated carbocycles. The summed E-state index contributed by atoms with van der Waals surface area (Å²) >= 11 is 0. The maximum Gasteiger partial charge on any atom is 0.203 e. The smallest absolute Gasteiger partial charge is 0.203 e. The third-order valence-electron chi connectivity index (χ3n) is 5.19. The van der Waals surface area contributed by atoms with E-state index in [4.69, 9.17) is 14.2 Å². The van der Waals surface area contributed by atoms with Crippen LogP contribution in [0.15, 0.2) is 24.3 Å². The molecule has 0 unspecified atom stereocenters. The van der Waals surface area contributed by atoms with Crippen molar-refractivity contribution in [2.75, 3.05) is 21.3 Å². The Kier molecular flexibility index (Phi) is 5.94. The minimum atomic E-state index is -1.78. The Morgan fingerprint density at radius 1 is 0.800 bits per heavy atom. The average Bonchev–Trinajstić information content (AvgIpc) is 3.11. The van der Waals surface area contributed by atoms with Gasteiger partial charge in [-0.2, -0.15) is 0 Å². The van der Waals surface area contributed by atoms with Crippen LogP contribution in [-0.2, 0) is 0 Å². The number of nitrogens with zero attached hydrogens (tertiary/aromatic N) is 3. The molecule has 1 heterocycles. The molecule has 0 fully saturated rings. The molecular weight excluding hydrogens is 394 g/mol. The van der Waals surface area contributed by atoms with Gasteiger partial charge in [0.1, 0.15) is 8.07 Å². The molecule has 3 aromatic rings. The summed E-state index contributed by atoms with van der Waals surface area (Å²) in [5.74, 6) is 1.72. The van der Waals surface area contributed by atoms with Gasteiger partial charge in [0.05, 0.1) is 38.0 Å². The van der Waals surface area contributed by atoms with Gasteiger partial charge in [-0.05, 0) is 31.9 Å². The van der Waals surface area contributed by atoms with E-state index in [2.05, 4.69) is 62.9 Å². The first-order valence-corrected chi connectivity index (χ1v) is 13.5. The third-order valence-corrected chi connectivity index (χ3v) is 6.95. The molecule has 0 amide bonds. The van der Waals surface area contributed by atoms with E-state index in [0.717, 1.165) is 16.7 Å². The van der Waals surface area contributed by atoms with E-state index in [9.17, 15) is 0 Å². The molecule has 0 atom stereocenters. The van der Waals surface area contributed by atoms with Crippen LogP contribution in [0, 0.1) is 20.8 Å². The van der Waals surface area contributed by atoms with Gasteiger partial charge in [-0.15, -0.1) is 5.10 Å². The highest BCUT2D eigenvalue weighted by atomic mass is 28.3. The molecule has 30 heavy (non-hydrogen) atoms. The molecule has 0 saturated heterocycles. The van der Waals surface area contributed by atoms with Gasteiger partial charge in [-0.3, -0.25) is 0 Å². The number of benzene rings is 2. The van der Waals surface area contributed by atoms with Gasteiger partial charge in [0.25, 0.3) is 0 Å². The predicted molar refractivity (Wildman–Crippen MR) is 124 cm³/mol. The Labute approximate surface area is 179 Å². The zero-order valence-corrected chi connectivity index (χ0v) is 20.4. The van der Waals surface area contributed by atoms with Crippen molar-refractivity contribution in [1.82, 2.24) is 15.0 Å². The van der Waals surface area contributed by atoms with Gasteiger partial charge in [0.15, 0.2) is 11.5 Å². The molecule has 0 aliphatic rings. The van der Waals surface area contributed by atoms with Crippen LogP contribution in [0.2, 0.25) is 19.6 Å². The van der Waals surface area contributed by atoms with Gasteiger partial charge >= 0.3 is 0 Å². The van der Waals surface area contributed by atoms with Crippen LogP contribution >= 0.6 is 0 Å². The minimum Gasteiger partial charge on any atom is -0.493 e. The van der Waals surface area contributed by atoms with Crippen molar-refractivity contribution in [3.63, 3.8) is 0 Å². The van der Waals surface area contributed by atoms with Gasteiger partial charge in [0.2, 0.25) is 5.75 Å². The van der Waals surface area contributed by atoms with Crippen molar-refractivity contribution in [2.45, 2.75) is 40.4 Å². The summed E-state index contributed by atoms with van der Waals surface area (Å²) in [4.78, 5) is 0. The van der Waals surface area contributed by atoms with Gasteiger partial charge in [-0.1, -0.05) is 42.6 Å². The fraction of sp³-hybridized carbons (Fsp3) is 0.391. The van der Waals surface area contributed by atoms with Crippen LogP contribution in [-0.4, -0.2) is 44.4 Å². The Morgan fingerprint density at radius 3 is 1.77 bits per heavy atom. The molecule has 0 radical (unpaired) electrons. The van der Waals surface area contributed by atoms with Crippen LogP contribution in [0.5, 0.6) is 17.2 Å². The molecule has 0 aliphatic carbocycles. The lowest BCUT2D eigenvalue weighted by molar-refractivity contribution is 0.324. The molecule has 2 aromatic carbocycles. The van der Waals surface area contributed by atoms with Crippen molar-refractivity contribution in [2.24, 2.45) is 0 Å². The van der Waals surface area contributed by atoms with E-state index in [1.54, 1.807) is 21.3 Å². The molecule has 0 spiro atoms. The first-order chi connectivity index (χ1) is 14.1. The quantitative estimate of drug-likeness (QED) is 0.547. The Hall–Kier alpha value is -2.80. The Bertz CT molecular complexity index is 1040. The van der Waals surface area contributed by atoms with E-state index >= 15 is 0 Å². The summed E-state index contributed by atoms with van der Waals surface area (Å²) < 4.78 is 18.5. The molecule has 1 aromatic heterocycles. The summed E-state index contributed by atoms with van der Waals surface area (Å²) in [6, 6.07) is 8.24. The molecule has 3 rings (SSSR count). The van der Waals surface area contributed by atoms with Crippen molar-refractivity contribution in [1.29, 1.82) is 0 Å². The normalized spacial score (nSPS) is 11.5. The monoisotopic (exact) mass is 425 g/mol. The van der Waals surface area contributed by atoms with Crippen LogP contribution < -0.4 is 19.5 Å². The average molecular weight is 426 g/mol. The summed E-state index contributed by atoms with van der Waals surface area (Å²) in [6.45, 7) is 13.3. The zero-order chi connectivity index (χ0) is 22.2. The van der Waals surface area contributed by atoms with Crippen molar-refractivity contribution in [3.8, 4) is 34.2 Å². The van der Waals surface area contributed by atoms with Crippen LogP contribution in [0.4, 0.5) is 0 Å². The van der Waals surface area contributed by atoms with Crippen LogP contribution in [0.25, 0.3) is 16.9 Å². The van der Waals surface area contributed by atoms with E-state index in [1.165, 1.54) is 22.3 Å². The standard InChI is InChI=1S/C23H31N3O3Si/c1-14-10-15(2)20(16(3)11-14)21-23(30(7,8)9)24-25-26(21)17-12-18(27-4)22(29-6)19(13-17)28-5/h10-13H,1-9H3. The van der Waals surface area contributed by atoms with E-state index in [1.807, 2.05) is 16.8 Å². The predicted octanol–water partition coefficient (Wildman–Crippen LogP) is 4.43. The first kappa shape index (κ1) is 21.9. The molecule has 160 valence electrons. The second-order valence-corrected chi connectivity index (χ2v) is 13.6. The number of aromatic nitrogens is 3. The number of hydrogen-bond donors (Lipinski definition) is 0. The summed E-state index contributed by atoms with van der Waals surface area (Å²) in [6.07, 6.45) is 0. The molecule has 6 nitrogen and oxygen atoms in total. The Balaban J connectivity index is 2.38. The van der Waals surface area contributed by atoms with Crippen molar-refractivity contribution in [3.05, 3.63) is 41.0 Å².